The summed E-state index contributed by atoms with van der Waals surface area (Å²) in [4.78, 5) is 30.9. The van der Waals surface area contributed by atoms with Crippen molar-refractivity contribution in [1.29, 1.82) is 0 Å². The van der Waals surface area contributed by atoms with E-state index < -0.39 is 11.6 Å². The normalized spacial score (nSPS) is 11.0. The van der Waals surface area contributed by atoms with Gasteiger partial charge in [0.2, 0.25) is 0 Å². The lowest BCUT2D eigenvalue weighted by Gasteiger charge is -2.02. The molecule has 3 rings (SSSR count). The average Bonchev–Trinajstić information content (AvgIpc) is 3.11. The first-order valence-electron chi connectivity index (χ1n) is 6.96. The monoisotopic (exact) mass is 392 g/mol. The fraction of sp³-hybridized carbons (Fsp3) is 0. The summed E-state index contributed by atoms with van der Waals surface area (Å²) in [5.74, 6) is -0.606. The second kappa shape index (κ2) is 7.60. The second-order valence-electron chi connectivity index (χ2n) is 4.83. The number of aromatic amines is 1. The lowest BCUT2D eigenvalue weighted by atomic mass is 10.2. The van der Waals surface area contributed by atoms with E-state index in [-0.39, 0.29) is 5.69 Å². The molecule has 1 amide bonds. The molecule has 6 nitrogen and oxygen atoms in total. The van der Waals surface area contributed by atoms with Crippen molar-refractivity contribution in [3.8, 4) is 10.6 Å². The Hall–Kier alpha value is -2.48. The van der Waals surface area contributed by atoms with Crippen LogP contribution in [0.2, 0.25) is 10.0 Å². The van der Waals surface area contributed by atoms with Crippen LogP contribution in [0.4, 0.5) is 0 Å². The van der Waals surface area contributed by atoms with Crippen molar-refractivity contribution in [1.82, 2.24) is 15.4 Å². The Labute approximate surface area is 156 Å². The van der Waals surface area contributed by atoms with Gasteiger partial charge in [0.1, 0.15) is 5.69 Å². The highest BCUT2D eigenvalue weighted by Crippen LogP contribution is 2.22. The molecule has 0 fully saturated rings. The van der Waals surface area contributed by atoms with Gasteiger partial charge in [-0.05, 0) is 29.6 Å². The summed E-state index contributed by atoms with van der Waals surface area (Å²) in [6.45, 7) is 0. The van der Waals surface area contributed by atoms with Crippen LogP contribution in [0.1, 0.15) is 16.1 Å². The molecule has 0 bridgehead atoms. The smallest absolute Gasteiger partial charge is 0.305 e. The van der Waals surface area contributed by atoms with Crippen molar-refractivity contribution in [3.63, 3.8) is 0 Å². The third kappa shape index (κ3) is 4.33. The van der Waals surface area contributed by atoms with Crippen LogP contribution in [-0.4, -0.2) is 22.1 Å². The molecule has 0 saturated carbocycles. The number of carbonyl (C=O) groups is 1. The molecule has 2 aromatic heterocycles. The molecule has 25 heavy (non-hydrogen) atoms. The summed E-state index contributed by atoms with van der Waals surface area (Å²) in [5.41, 5.74) is 2.78. The highest BCUT2D eigenvalue weighted by molar-refractivity contribution is 7.13. The largest absolute Gasteiger partial charge is 0.346 e. The summed E-state index contributed by atoms with van der Waals surface area (Å²) in [6, 6.07) is 10.1. The van der Waals surface area contributed by atoms with Crippen LogP contribution in [0.25, 0.3) is 10.6 Å². The maximum atomic E-state index is 12.2. The van der Waals surface area contributed by atoms with Crippen molar-refractivity contribution in [3.05, 3.63) is 73.6 Å². The minimum absolute atomic E-state index is 0.0356. The molecule has 0 unspecified atom stereocenters. The Kier molecular flexibility index (Phi) is 5.28. The predicted molar refractivity (Wildman–Crippen MR) is 99.7 cm³/mol. The number of nitrogens with zero attached hydrogens (tertiary/aromatic N) is 2. The number of thiophene rings is 1. The van der Waals surface area contributed by atoms with E-state index >= 15 is 0 Å². The van der Waals surface area contributed by atoms with E-state index in [1.54, 1.807) is 18.2 Å². The van der Waals surface area contributed by atoms with Crippen molar-refractivity contribution in [2.24, 2.45) is 5.10 Å². The van der Waals surface area contributed by atoms with Gasteiger partial charge < -0.3 is 4.98 Å². The van der Waals surface area contributed by atoms with Crippen molar-refractivity contribution in [2.45, 2.75) is 0 Å². The number of hydrogen-bond acceptors (Lipinski definition) is 5. The Morgan fingerprint density at radius 3 is 2.84 bits per heavy atom. The van der Waals surface area contributed by atoms with E-state index in [1.165, 1.54) is 23.6 Å². The molecule has 126 valence electrons. The van der Waals surface area contributed by atoms with Crippen LogP contribution in [-0.2, 0) is 0 Å². The summed E-state index contributed by atoms with van der Waals surface area (Å²) in [5, 5.41) is 6.60. The molecule has 2 heterocycles. The number of carbonyl (C=O) groups excluding carboxylic acids is 1. The lowest BCUT2D eigenvalue weighted by molar-refractivity contribution is 0.0949. The highest BCUT2D eigenvalue weighted by atomic mass is 35.5. The predicted octanol–water partition coefficient (Wildman–Crippen LogP) is 3.57. The Morgan fingerprint density at radius 1 is 1.28 bits per heavy atom. The first kappa shape index (κ1) is 17.3. The van der Waals surface area contributed by atoms with E-state index in [4.69, 9.17) is 23.2 Å². The van der Waals surface area contributed by atoms with Gasteiger partial charge in [0.15, 0.2) is 0 Å². The topological polar surface area (TPSA) is 87.2 Å². The fourth-order valence-corrected chi connectivity index (χ4v) is 3.12. The zero-order chi connectivity index (χ0) is 17.8. The number of rotatable bonds is 4. The minimum Gasteiger partial charge on any atom is -0.305 e. The first-order valence-corrected chi connectivity index (χ1v) is 8.60. The van der Waals surface area contributed by atoms with E-state index in [9.17, 15) is 9.59 Å². The van der Waals surface area contributed by atoms with Gasteiger partial charge in [-0.3, -0.25) is 4.79 Å². The van der Waals surface area contributed by atoms with Crippen molar-refractivity contribution < 1.29 is 4.79 Å². The molecule has 0 spiro atoms. The summed E-state index contributed by atoms with van der Waals surface area (Å²) in [6.07, 6.45) is 1.38. The molecule has 1 aromatic carbocycles. The number of H-pyrrole nitrogens is 1. The molecule has 9 heteroatoms. The molecule has 2 N–H and O–H groups in total. The third-order valence-corrected chi connectivity index (χ3v) is 4.56. The Balaban J connectivity index is 1.77. The van der Waals surface area contributed by atoms with Crippen LogP contribution in [0.3, 0.4) is 0 Å². The number of benzene rings is 1. The Morgan fingerprint density at radius 2 is 2.12 bits per heavy atom. The first-order chi connectivity index (χ1) is 12.0. The van der Waals surface area contributed by atoms with Gasteiger partial charge in [-0.15, -0.1) is 11.3 Å². The fourth-order valence-electron chi connectivity index (χ4n) is 1.96. The van der Waals surface area contributed by atoms with Gasteiger partial charge in [0.25, 0.3) is 5.91 Å². The molecule has 3 aromatic rings. The van der Waals surface area contributed by atoms with Crippen LogP contribution >= 0.6 is 34.5 Å². The van der Waals surface area contributed by atoms with Gasteiger partial charge in [-0.2, -0.15) is 10.1 Å². The van der Waals surface area contributed by atoms with E-state index in [2.05, 4.69) is 20.5 Å². The number of halogens is 2. The van der Waals surface area contributed by atoms with Crippen LogP contribution in [0, 0.1) is 0 Å². The standard InChI is InChI=1S/C16H10Cl2N4O2S/c17-10-4-3-9(11(18)6-10)8-19-22-15(23)13-7-12(20-16(24)21-13)14-2-1-5-25-14/h1-8H,(H,22,23)(H,20,21,24)/b19-8+. The molecule has 0 atom stereocenters. The van der Waals surface area contributed by atoms with Crippen LogP contribution in [0.15, 0.2) is 51.7 Å². The lowest BCUT2D eigenvalue weighted by Crippen LogP contribution is -2.24. The molecular formula is C16H10Cl2N4O2S. The molecule has 0 aliphatic heterocycles. The van der Waals surface area contributed by atoms with Crippen LogP contribution in [0.5, 0.6) is 0 Å². The van der Waals surface area contributed by atoms with E-state index in [1.807, 2.05) is 17.5 Å². The van der Waals surface area contributed by atoms with Gasteiger partial charge >= 0.3 is 5.69 Å². The minimum atomic E-state index is -0.610. The number of aromatic nitrogens is 2. The zero-order valence-electron chi connectivity index (χ0n) is 12.5. The summed E-state index contributed by atoms with van der Waals surface area (Å²) in [7, 11) is 0. The molecule has 0 saturated heterocycles. The maximum absolute atomic E-state index is 12.2. The van der Waals surface area contributed by atoms with Crippen molar-refractivity contribution >= 4 is 46.7 Å². The Bertz CT molecular complexity index is 1000. The zero-order valence-corrected chi connectivity index (χ0v) is 14.8. The molecule has 0 aliphatic rings. The number of amides is 1. The van der Waals surface area contributed by atoms with E-state index in [0.29, 0.717) is 21.3 Å². The molecular weight excluding hydrogens is 383 g/mol. The molecule has 0 radical (unpaired) electrons. The quantitative estimate of drug-likeness (QED) is 0.525. The summed E-state index contributed by atoms with van der Waals surface area (Å²) >= 11 is 13.3. The van der Waals surface area contributed by atoms with Gasteiger partial charge in [0.05, 0.1) is 21.8 Å². The number of hydrogen-bond donors (Lipinski definition) is 2. The van der Waals surface area contributed by atoms with Gasteiger partial charge in [-0.25, -0.2) is 10.2 Å². The van der Waals surface area contributed by atoms with Crippen LogP contribution < -0.4 is 11.1 Å². The van der Waals surface area contributed by atoms with Crippen molar-refractivity contribution in [2.75, 3.05) is 0 Å². The summed E-state index contributed by atoms with van der Waals surface area (Å²) < 4.78 is 0. The van der Waals surface area contributed by atoms with Gasteiger partial charge in [-0.1, -0.05) is 35.3 Å². The van der Waals surface area contributed by atoms with Gasteiger partial charge in [0, 0.05) is 10.6 Å². The number of nitrogens with one attached hydrogen (secondary N) is 2. The highest BCUT2D eigenvalue weighted by Gasteiger charge is 2.11. The molecule has 0 aliphatic carbocycles. The maximum Gasteiger partial charge on any atom is 0.346 e. The number of hydrazone groups is 1. The average molecular weight is 393 g/mol. The second-order valence-corrected chi connectivity index (χ2v) is 6.62. The third-order valence-electron chi connectivity index (χ3n) is 3.10. The van der Waals surface area contributed by atoms with E-state index in [0.717, 1.165) is 4.88 Å². The SMILES string of the molecule is O=C(N/N=C/c1ccc(Cl)cc1Cl)c1cc(-c2cccs2)[nH]c(=O)n1.